The maximum Gasteiger partial charge on any atom is 0.326 e. The molecule has 4 amide bonds. The van der Waals surface area contributed by atoms with Gasteiger partial charge in [0.25, 0.3) is 0 Å². The number of aromatic nitrogens is 2. The second-order valence-electron chi connectivity index (χ2n) is 8.70. The zero-order valence-electron chi connectivity index (χ0n) is 20.8. The molecule has 15 heteroatoms. The fourth-order valence-corrected chi connectivity index (χ4v) is 3.54. The molecule has 1 aromatic carbocycles. The zero-order chi connectivity index (χ0) is 28.9. The summed E-state index contributed by atoms with van der Waals surface area (Å²) in [6, 6.07) is 3.02. The number of aliphatic carboxylic acids is 2. The molecule has 15 nitrogen and oxygen atoms in total. The van der Waals surface area contributed by atoms with Crippen molar-refractivity contribution in [1.29, 1.82) is 0 Å². The number of rotatable bonds is 16. The number of nitrogens with zero attached hydrogens (tertiary/aromatic N) is 1. The summed E-state index contributed by atoms with van der Waals surface area (Å²) >= 11 is 0. The molecule has 1 aromatic heterocycles. The number of nitrogens with one attached hydrogen (secondary N) is 4. The van der Waals surface area contributed by atoms with Crippen molar-refractivity contribution in [2.45, 2.75) is 56.3 Å². The van der Waals surface area contributed by atoms with Gasteiger partial charge in [-0.25, -0.2) is 9.78 Å². The normalized spacial score (nSPS) is 13.8. The smallest absolute Gasteiger partial charge is 0.326 e. The summed E-state index contributed by atoms with van der Waals surface area (Å²) in [6.45, 7) is 0. The van der Waals surface area contributed by atoms with Crippen LogP contribution in [0.1, 0.15) is 30.5 Å². The molecule has 1 heterocycles. The maximum absolute atomic E-state index is 13.2. The van der Waals surface area contributed by atoms with E-state index in [2.05, 4.69) is 25.9 Å². The molecule has 0 aliphatic heterocycles. The minimum absolute atomic E-state index is 0.0209. The number of hydrogen-bond acceptors (Lipinski definition) is 8. The van der Waals surface area contributed by atoms with Gasteiger partial charge in [-0.1, -0.05) is 30.3 Å². The van der Waals surface area contributed by atoms with E-state index in [1.807, 2.05) is 0 Å². The van der Waals surface area contributed by atoms with Gasteiger partial charge in [-0.2, -0.15) is 0 Å². The number of amides is 4. The lowest BCUT2D eigenvalue weighted by molar-refractivity contribution is -0.143. The number of carbonyl (C=O) groups excluding carboxylic acids is 4. The third-order valence-corrected chi connectivity index (χ3v) is 5.55. The Morgan fingerprint density at radius 1 is 0.872 bits per heavy atom. The van der Waals surface area contributed by atoms with Crippen molar-refractivity contribution in [2.24, 2.45) is 11.5 Å². The molecule has 4 atom stereocenters. The van der Waals surface area contributed by atoms with Crippen molar-refractivity contribution in [1.82, 2.24) is 25.9 Å². The van der Waals surface area contributed by atoms with Crippen LogP contribution < -0.4 is 27.4 Å². The van der Waals surface area contributed by atoms with Gasteiger partial charge in [-0.05, 0) is 12.0 Å². The second-order valence-corrected chi connectivity index (χ2v) is 8.70. The second kappa shape index (κ2) is 14.8. The fourth-order valence-electron chi connectivity index (χ4n) is 3.54. The van der Waals surface area contributed by atoms with E-state index in [1.165, 1.54) is 12.5 Å². The molecule has 0 saturated carbocycles. The summed E-state index contributed by atoms with van der Waals surface area (Å²) < 4.78 is 0. The number of nitrogens with two attached hydrogens (primary N) is 2. The van der Waals surface area contributed by atoms with E-state index in [4.69, 9.17) is 11.5 Å². The lowest BCUT2D eigenvalue weighted by Gasteiger charge is -2.24. The molecule has 0 aliphatic carbocycles. The summed E-state index contributed by atoms with van der Waals surface area (Å²) in [5, 5.41) is 25.5. The highest BCUT2D eigenvalue weighted by atomic mass is 16.4. The van der Waals surface area contributed by atoms with Gasteiger partial charge in [0.05, 0.1) is 18.8 Å². The molecule has 39 heavy (non-hydrogen) atoms. The van der Waals surface area contributed by atoms with Gasteiger partial charge in [0, 0.05) is 31.2 Å². The quantitative estimate of drug-likeness (QED) is 0.113. The number of H-pyrrole nitrogens is 1. The van der Waals surface area contributed by atoms with E-state index >= 15 is 0 Å². The highest BCUT2D eigenvalue weighted by Gasteiger charge is 2.32. The van der Waals surface area contributed by atoms with Crippen LogP contribution in [0, 0.1) is 0 Å². The molecule has 0 spiro atoms. The summed E-state index contributed by atoms with van der Waals surface area (Å²) in [6.07, 6.45) is 1.41. The monoisotopic (exact) mass is 545 g/mol. The summed E-state index contributed by atoms with van der Waals surface area (Å²) in [4.78, 5) is 79.4. The number of hydrogen-bond donors (Lipinski definition) is 8. The molecule has 2 rings (SSSR count). The van der Waals surface area contributed by atoms with Crippen molar-refractivity contribution in [3.63, 3.8) is 0 Å². The van der Waals surface area contributed by atoms with Crippen LogP contribution in [0.3, 0.4) is 0 Å². The first-order chi connectivity index (χ1) is 18.5. The molecule has 210 valence electrons. The van der Waals surface area contributed by atoms with E-state index in [0.717, 1.165) is 0 Å². The molecular formula is C24H31N7O8. The van der Waals surface area contributed by atoms with Gasteiger partial charge in [-0.3, -0.25) is 24.0 Å². The summed E-state index contributed by atoms with van der Waals surface area (Å²) in [5.41, 5.74) is 12.2. The predicted molar refractivity (Wildman–Crippen MR) is 135 cm³/mol. The van der Waals surface area contributed by atoms with Gasteiger partial charge in [0.2, 0.25) is 23.6 Å². The van der Waals surface area contributed by atoms with Crippen molar-refractivity contribution in [3.8, 4) is 0 Å². The third-order valence-electron chi connectivity index (χ3n) is 5.55. The van der Waals surface area contributed by atoms with Gasteiger partial charge >= 0.3 is 11.9 Å². The lowest BCUT2D eigenvalue weighted by atomic mass is 10.0. The Bertz CT molecular complexity index is 1160. The van der Waals surface area contributed by atoms with E-state index in [0.29, 0.717) is 11.3 Å². The molecule has 2 aromatic rings. The number of carbonyl (C=O) groups is 6. The number of carboxylic acid groups (broad SMARTS) is 2. The molecule has 0 bridgehead atoms. The summed E-state index contributed by atoms with van der Waals surface area (Å²) in [5.74, 6) is -6.42. The number of primary amides is 1. The Balaban J connectivity index is 2.19. The topological polar surface area (TPSA) is 260 Å². The van der Waals surface area contributed by atoms with Crippen LogP contribution in [-0.4, -0.2) is 79.9 Å². The van der Waals surface area contributed by atoms with Crippen molar-refractivity contribution in [2.75, 3.05) is 0 Å². The van der Waals surface area contributed by atoms with Crippen molar-refractivity contribution in [3.05, 3.63) is 54.1 Å². The molecule has 10 N–H and O–H groups in total. The maximum atomic E-state index is 13.2. The molecular weight excluding hydrogens is 514 g/mol. The average molecular weight is 546 g/mol. The first-order valence-corrected chi connectivity index (χ1v) is 11.9. The largest absolute Gasteiger partial charge is 0.481 e. The molecule has 0 fully saturated rings. The number of aromatic amines is 1. The standard InChI is InChI=1S/C24H31N7O8/c25-15(9-14-11-27-12-28-14)21(35)30-17(8-13-4-2-1-3-5-13)22(36)31-18(10-20(33)34)23(37)29-16(24(38)39)6-7-19(26)32/h1-5,11-12,15-18H,6-10,25H2,(H2,26,32)(H,27,28)(H,29,37)(H,30,35)(H,31,36)(H,33,34)(H,38,39). The van der Waals surface area contributed by atoms with E-state index < -0.39 is 66.2 Å². The molecule has 0 radical (unpaired) electrons. The van der Waals surface area contributed by atoms with E-state index in [-0.39, 0.29) is 25.7 Å². The minimum Gasteiger partial charge on any atom is -0.481 e. The van der Waals surface area contributed by atoms with E-state index in [9.17, 15) is 39.0 Å². The highest BCUT2D eigenvalue weighted by molar-refractivity contribution is 5.95. The van der Waals surface area contributed by atoms with Gasteiger partial charge in [0.15, 0.2) is 0 Å². The van der Waals surface area contributed by atoms with Crippen LogP contribution in [0.15, 0.2) is 42.9 Å². The first kappa shape index (κ1) is 30.4. The Labute approximate surface area is 222 Å². The zero-order valence-corrected chi connectivity index (χ0v) is 20.8. The Hall–Kier alpha value is -4.79. The Morgan fingerprint density at radius 3 is 2.05 bits per heavy atom. The van der Waals surface area contributed by atoms with Crippen LogP contribution in [0.25, 0.3) is 0 Å². The van der Waals surface area contributed by atoms with Crippen molar-refractivity contribution < 1.29 is 39.0 Å². The number of carboxylic acids is 2. The average Bonchev–Trinajstić information content (AvgIpc) is 3.38. The number of imidazole rings is 1. The SMILES string of the molecule is NC(=O)CCC(NC(=O)C(CC(=O)O)NC(=O)C(Cc1ccccc1)NC(=O)C(N)Cc1cnc[nH]1)C(=O)O. The molecule has 0 saturated heterocycles. The highest BCUT2D eigenvalue weighted by Crippen LogP contribution is 2.07. The number of benzene rings is 1. The Kier molecular flexibility index (Phi) is 11.6. The van der Waals surface area contributed by atoms with Crippen LogP contribution in [-0.2, 0) is 41.6 Å². The summed E-state index contributed by atoms with van der Waals surface area (Å²) in [7, 11) is 0. The predicted octanol–water partition coefficient (Wildman–Crippen LogP) is -2.20. The Morgan fingerprint density at radius 2 is 1.49 bits per heavy atom. The van der Waals surface area contributed by atoms with Crippen LogP contribution >= 0.6 is 0 Å². The van der Waals surface area contributed by atoms with Crippen LogP contribution in [0.2, 0.25) is 0 Å². The molecule has 4 unspecified atom stereocenters. The van der Waals surface area contributed by atoms with Gasteiger partial charge < -0.3 is 42.6 Å². The lowest BCUT2D eigenvalue weighted by Crippen LogP contribution is -2.58. The van der Waals surface area contributed by atoms with Gasteiger partial charge in [0.1, 0.15) is 18.1 Å². The van der Waals surface area contributed by atoms with E-state index in [1.54, 1.807) is 30.3 Å². The van der Waals surface area contributed by atoms with Crippen LogP contribution in [0.4, 0.5) is 0 Å². The van der Waals surface area contributed by atoms with Crippen molar-refractivity contribution >= 4 is 35.6 Å². The third kappa shape index (κ3) is 10.6. The molecule has 0 aliphatic rings. The minimum atomic E-state index is -1.70. The van der Waals surface area contributed by atoms with Crippen LogP contribution in [0.5, 0.6) is 0 Å². The fraction of sp³-hybridized carbons (Fsp3) is 0.375. The first-order valence-electron chi connectivity index (χ1n) is 11.9. The van der Waals surface area contributed by atoms with Gasteiger partial charge in [-0.15, -0.1) is 0 Å².